The zero-order valence-corrected chi connectivity index (χ0v) is 9.82. The normalized spacial score (nSPS) is 15.1. The maximum absolute atomic E-state index is 5.51. The van der Waals surface area contributed by atoms with Gasteiger partial charge in [0, 0.05) is 31.6 Å². The van der Waals surface area contributed by atoms with Gasteiger partial charge in [0.05, 0.1) is 5.52 Å². The molecule has 0 radical (unpaired) electrons. The Kier molecular flexibility index (Phi) is 4.30. The second-order valence-electron chi connectivity index (χ2n) is 3.93. The molecular formula is C13H18N4. The second kappa shape index (κ2) is 6.18. The van der Waals surface area contributed by atoms with Gasteiger partial charge in [0.25, 0.3) is 0 Å². The van der Waals surface area contributed by atoms with Gasteiger partial charge in [-0.15, -0.1) is 0 Å². The number of hydrogen-bond acceptors (Lipinski definition) is 4. The van der Waals surface area contributed by atoms with Crippen LogP contribution >= 0.6 is 0 Å². The first-order valence-corrected chi connectivity index (χ1v) is 5.89. The van der Waals surface area contributed by atoms with Crippen molar-refractivity contribution in [3.05, 3.63) is 36.4 Å². The van der Waals surface area contributed by atoms with Crippen molar-refractivity contribution in [2.45, 2.75) is 0 Å². The molecule has 1 saturated heterocycles. The summed E-state index contributed by atoms with van der Waals surface area (Å²) in [5.41, 5.74) is 6.46. The highest BCUT2D eigenvalue weighted by molar-refractivity contribution is 5.79. The molecule has 0 amide bonds. The zero-order chi connectivity index (χ0) is 11.9. The number of anilines is 1. The summed E-state index contributed by atoms with van der Waals surface area (Å²) >= 11 is 0. The second-order valence-corrected chi connectivity index (χ2v) is 3.93. The van der Waals surface area contributed by atoms with E-state index in [2.05, 4.69) is 15.6 Å². The van der Waals surface area contributed by atoms with Crippen LogP contribution in [-0.2, 0) is 0 Å². The van der Waals surface area contributed by atoms with E-state index in [4.69, 9.17) is 5.73 Å². The van der Waals surface area contributed by atoms with Crippen LogP contribution in [0.15, 0.2) is 36.4 Å². The Bertz CT molecular complexity index is 454. The SMILES string of the molecule is C1CNCCN1.Nc1ccc2ccccc2n1. The van der Waals surface area contributed by atoms with E-state index in [1.54, 1.807) is 0 Å². The van der Waals surface area contributed by atoms with Crippen molar-refractivity contribution in [2.24, 2.45) is 0 Å². The van der Waals surface area contributed by atoms with Crippen LogP contribution in [0.3, 0.4) is 0 Å². The molecule has 1 aromatic carbocycles. The van der Waals surface area contributed by atoms with E-state index in [-0.39, 0.29) is 0 Å². The number of nitrogen functional groups attached to an aromatic ring is 1. The van der Waals surface area contributed by atoms with Gasteiger partial charge >= 0.3 is 0 Å². The number of piperazine rings is 1. The number of aromatic nitrogens is 1. The van der Waals surface area contributed by atoms with E-state index < -0.39 is 0 Å². The number of nitrogens with one attached hydrogen (secondary N) is 2. The summed E-state index contributed by atoms with van der Waals surface area (Å²) in [6.07, 6.45) is 0. The third-order valence-corrected chi connectivity index (χ3v) is 2.58. The summed E-state index contributed by atoms with van der Waals surface area (Å²) in [6, 6.07) is 11.7. The lowest BCUT2D eigenvalue weighted by Crippen LogP contribution is -2.39. The molecule has 0 saturated carbocycles. The van der Waals surface area contributed by atoms with E-state index in [0.717, 1.165) is 37.1 Å². The van der Waals surface area contributed by atoms with Gasteiger partial charge in [0.1, 0.15) is 5.82 Å². The van der Waals surface area contributed by atoms with E-state index in [1.807, 2.05) is 36.4 Å². The van der Waals surface area contributed by atoms with Gasteiger partial charge in [-0.2, -0.15) is 0 Å². The molecule has 0 spiro atoms. The fourth-order valence-electron chi connectivity index (χ4n) is 1.69. The van der Waals surface area contributed by atoms with E-state index >= 15 is 0 Å². The maximum atomic E-state index is 5.51. The summed E-state index contributed by atoms with van der Waals surface area (Å²) in [7, 11) is 0. The lowest BCUT2D eigenvalue weighted by Gasteiger charge is -2.11. The van der Waals surface area contributed by atoms with Crippen LogP contribution in [-0.4, -0.2) is 31.2 Å². The fourth-order valence-corrected chi connectivity index (χ4v) is 1.69. The first-order chi connectivity index (χ1) is 8.36. The Morgan fingerprint density at radius 3 is 2.18 bits per heavy atom. The van der Waals surface area contributed by atoms with Crippen molar-refractivity contribution in [1.29, 1.82) is 0 Å². The molecule has 2 heterocycles. The van der Waals surface area contributed by atoms with Crippen molar-refractivity contribution in [2.75, 3.05) is 31.9 Å². The first kappa shape index (κ1) is 11.8. The van der Waals surface area contributed by atoms with E-state index in [9.17, 15) is 0 Å². The fraction of sp³-hybridized carbons (Fsp3) is 0.308. The Hall–Kier alpha value is -1.65. The van der Waals surface area contributed by atoms with Gasteiger partial charge in [-0.3, -0.25) is 0 Å². The predicted molar refractivity (Wildman–Crippen MR) is 71.9 cm³/mol. The Labute approximate surface area is 101 Å². The van der Waals surface area contributed by atoms with Crippen molar-refractivity contribution in [3.8, 4) is 0 Å². The first-order valence-electron chi connectivity index (χ1n) is 5.89. The molecule has 2 aromatic rings. The van der Waals surface area contributed by atoms with Crippen LogP contribution in [0.5, 0.6) is 0 Å². The number of nitrogens with zero attached hydrogens (tertiary/aromatic N) is 1. The van der Waals surface area contributed by atoms with Crippen LogP contribution < -0.4 is 16.4 Å². The minimum atomic E-state index is 0.573. The smallest absolute Gasteiger partial charge is 0.124 e. The van der Waals surface area contributed by atoms with Gasteiger partial charge in [-0.1, -0.05) is 18.2 Å². The van der Waals surface area contributed by atoms with Crippen molar-refractivity contribution >= 4 is 16.7 Å². The summed E-state index contributed by atoms with van der Waals surface area (Å²) in [5.74, 6) is 0.573. The minimum Gasteiger partial charge on any atom is -0.384 e. The van der Waals surface area contributed by atoms with Crippen LogP contribution in [0.25, 0.3) is 10.9 Å². The Morgan fingerprint density at radius 1 is 0.882 bits per heavy atom. The summed E-state index contributed by atoms with van der Waals surface area (Å²) in [6.45, 7) is 4.56. The van der Waals surface area contributed by atoms with Crippen molar-refractivity contribution in [1.82, 2.24) is 15.6 Å². The van der Waals surface area contributed by atoms with E-state index in [0.29, 0.717) is 5.82 Å². The molecule has 0 bridgehead atoms. The lowest BCUT2D eigenvalue weighted by molar-refractivity contribution is 0.534. The van der Waals surface area contributed by atoms with Crippen molar-refractivity contribution < 1.29 is 0 Å². The largest absolute Gasteiger partial charge is 0.384 e. The molecular weight excluding hydrogens is 212 g/mol. The van der Waals surface area contributed by atoms with Gasteiger partial charge in [0.2, 0.25) is 0 Å². The third kappa shape index (κ3) is 3.69. The molecule has 4 N–H and O–H groups in total. The van der Waals surface area contributed by atoms with Gasteiger partial charge < -0.3 is 16.4 Å². The summed E-state index contributed by atoms with van der Waals surface area (Å²) < 4.78 is 0. The quantitative estimate of drug-likeness (QED) is 0.632. The molecule has 17 heavy (non-hydrogen) atoms. The topological polar surface area (TPSA) is 63.0 Å². The average Bonchev–Trinajstić information content (AvgIpc) is 2.41. The molecule has 0 aliphatic carbocycles. The lowest BCUT2D eigenvalue weighted by atomic mass is 10.2. The molecule has 1 fully saturated rings. The van der Waals surface area contributed by atoms with E-state index in [1.165, 1.54) is 0 Å². The molecule has 3 rings (SSSR count). The molecule has 0 unspecified atom stereocenters. The monoisotopic (exact) mass is 230 g/mol. The molecule has 1 aliphatic rings. The maximum Gasteiger partial charge on any atom is 0.124 e. The molecule has 0 atom stereocenters. The van der Waals surface area contributed by atoms with Gasteiger partial charge in [-0.05, 0) is 18.2 Å². The molecule has 90 valence electrons. The highest BCUT2D eigenvalue weighted by Gasteiger charge is 1.92. The summed E-state index contributed by atoms with van der Waals surface area (Å²) in [4.78, 5) is 4.15. The van der Waals surface area contributed by atoms with Crippen LogP contribution in [0, 0.1) is 0 Å². The number of pyridine rings is 1. The van der Waals surface area contributed by atoms with Gasteiger partial charge in [0.15, 0.2) is 0 Å². The standard InChI is InChI=1S/C9H8N2.C4H10N2/c10-9-6-5-7-3-1-2-4-8(7)11-9;1-2-6-4-3-5-1/h1-6H,(H2,10,11);5-6H,1-4H2. The number of benzene rings is 1. The third-order valence-electron chi connectivity index (χ3n) is 2.58. The average molecular weight is 230 g/mol. The zero-order valence-electron chi connectivity index (χ0n) is 9.82. The Balaban J connectivity index is 0.000000153. The van der Waals surface area contributed by atoms with Crippen LogP contribution in [0.4, 0.5) is 5.82 Å². The van der Waals surface area contributed by atoms with Crippen LogP contribution in [0.2, 0.25) is 0 Å². The van der Waals surface area contributed by atoms with Gasteiger partial charge in [-0.25, -0.2) is 4.98 Å². The molecule has 4 heteroatoms. The number of para-hydroxylation sites is 1. The highest BCUT2D eigenvalue weighted by atomic mass is 15.0. The number of hydrogen-bond donors (Lipinski definition) is 3. The predicted octanol–water partition coefficient (Wildman–Crippen LogP) is 0.996. The number of nitrogens with two attached hydrogens (primary N) is 1. The Morgan fingerprint density at radius 2 is 1.53 bits per heavy atom. The molecule has 1 aromatic heterocycles. The minimum absolute atomic E-state index is 0.573. The highest BCUT2D eigenvalue weighted by Crippen LogP contribution is 2.11. The summed E-state index contributed by atoms with van der Waals surface area (Å²) in [5, 5.41) is 7.57. The van der Waals surface area contributed by atoms with Crippen LogP contribution in [0.1, 0.15) is 0 Å². The molecule has 1 aliphatic heterocycles. The number of fused-ring (bicyclic) bond motifs is 1. The number of rotatable bonds is 0. The van der Waals surface area contributed by atoms with Crippen molar-refractivity contribution in [3.63, 3.8) is 0 Å². The molecule has 4 nitrogen and oxygen atoms in total.